The third kappa shape index (κ3) is 3.02. The fraction of sp³-hybridized carbons (Fsp3) is 0.294. The highest BCUT2D eigenvalue weighted by Crippen LogP contribution is 2.27. The summed E-state index contributed by atoms with van der Waals surface area (Å²) in [5, 5.41) is 3.54. The van der Waals surface area contributed by atoms with Crippen molar-refractivity contribution in [1.29, 1.82) is 0 Å². The molecule has 1 saturated carbocycles. The smallest absolute Gasteiger partial charge is 0.123 e. The second kappa shape index (κ2) is 5.14. The van der Waals surface area contributed by atoms with Crippen LogP contribution in [-0.4, -0.2) is 6.04 Å². The van der Waals surface area contributed by atoms with Crippen LogP contribution in [0.2, 0.25) is 0 Å². The summed E-state index contributed by atoms with van der Waals surface area (Å²) in [4.78, 5) is 0. The average molecular weight is 255 g/mol. The zero-order valence-electron chi connectivity index (χ0n) is 11.1. The lowest BCUT2D eigenvalue weighted by atomic mass is 9.97. The molecule has 0 atom stereocenters. The Balaban J connectivity index is 1.92. The molecule has 98 valence electrons. The van der Waals surface area contributed by atoms with Gasteiger partial charge in [0.05, 0.1) is 0 Å². The first kappa shape index (κ1) is 12.4. The molecular formula is C17H18FN. The predicted molar refractivity (Wildman–Crippen MR) is 76.4 cm³/mol. The standard InChI is InChI=1S/C17H18FN/c1-12-2-3-14(11-19-16-8-9-16)17(10-12)13-4-6-15(18)7-5-13/h2-7,10,16,19H,8-9,11H2,1H3. The molecule has 0 saturated heterocycles. The summed E-state index contributed by atoms with van der Waals surface area (Å²) in [6.45, 7) is 2.97. The van der Waals surface area contributed by atoms with Gasteiger partial charge in [-0.25, -0.2) is 4.39 Å². The van der Waals surface area contributed by atoms with Gasteiger partial charge in [0.25, 0.3) is 0 Å². The van der Waals surface area contributed by atoms with Gasteiger partial charge >= 0.3 is 0 Å². The van der Waals surface area contributed by atoms with Crippen molar-refractivity contribution in [1.82, 2.24) is 5.32 Å². The Morgan fingerprint density at radius 1 is 1.11 bits per heavy atom. The Hall–Kier alpha value is -1.67. The van der Waals surface area contributed by atoms with Crippen molar-refractivity contribution in [2.24, 2.45) is 0 Å². The maximum absolute atomic E-state index is 13.0. The lowest BCUT2D eigenvalue weighted by Crippen LogP contribution is -2.15. The summed E-state index contributed by atoms with van der Waals surface area (Å²) < 4.78 is 13.0. The first-order chi connectivity index (χ1) is 9.22. The van der Waals surface area contributed by atoms with E-state index in [4.69, 9.17) is 0 Å². The van der Waals surface area contributed by atoms with Crippen LogP contribution >= 0.6 is 0 Å². The van der Waals surface area contributed by atoms with E-state index in [0.717, 1.165) is 12.1 Å². The Bertz CT molecular complexity index is 570. The van der Waals surface area contributed by atoms with Crippen molar-refractivity contribution in [3.8, 4) is 11.1 Å². The SMILES string of the molecule is Cc1ccc(CNC2CC2)c(-c2ccc(F)cc2)c1. The third-order valence-corrected chi connectivity index (χ3v) is 3.58. The Labute approximate surface area is 113 Å². The molecule has 19 heavy (non-hydrogen) atoms. The highest BCUT2D eigenvalue weighted by atomic mass is 19.1. The van der Waals surface area contributed by atoms with Crippen LogP contribution in [0.5, 0.6) is 0 Å². The molecule has 1 N–H and O–H groups in total. The van der Waals surface area contributed by atoms with E-state index in [0.29, 0.717) is 6.04 Å². The Kier molecular flexibility index (Phi) is 3.34. The van der Waals surface area contributed by atoms with Gasteiger partial charge < -0.3 is 5.32 Å². The number of nitrogens with one attached hydrogen (secondary N) is 1. The summed E-state index contributed by atoms with van der Waals surface area (Å²) in [6.07, 6.45) is 2.58. The minimum atomic E-state index is -0.186. The van der Waals surface area contributed by atoms with E-state index in [9.17, 15) is 4.39 Å². The molecule has 1 aliphatic carbocycles. The van der Waals surface area contributed by atoms with E-state index in [1.807, 2.05) is 12.1 Å². The molecule has 2 heteroatoms. The van der Waals surface area contributed by atoms with Gasteiger partial charge in [-0.2, -0.15) is 0 Å². The molecule has 0 radical (unpaired) electrons. The second-order valence-electron chi connectivity index (χ2n) is 5.32. The quantitative estimate of drug-likeness (QED) is 0.869. The summed E-state index contributed by atoms with van der Waals surface area (Å²) in [6, 6.07) is 13.9. The van der Waals surface area contributed by atoms with Gasteiger partial charge in [0.1, 0.15) is 5.82 Å². The average Bonchev–Trinajstić information content (AvgIpc) is 3.22. The van der Waals surface area contributed by atoms with Crippen molar-refractivity contribution >= 4 is 0 Å². The van der Waals surface area contributed by atoms with Gasteiger partial charge in [-0.1, -0.05) is 35.9 Å². The number of hydrogen-bond donors (Lipinski definition) is 1. The highest BCUT2D eigenvalue weighted by molar-refractivity contribution is 5.68. The predicted octanol–water partition coefficient (Wildman–Crippen LogP) is 4.05. The topological polar surface area (TPSA) is 12.0 Å². The Morgan fingerprint density at radius 2 is 1.84 bits per heavy atom. The third-order valence-electron chi connectivity index (χ3n) is 3.58. The van der Waals surface area contributed by atoms with E-state index in [1.165, 1.54) is 41.7 Å². The summed E-state index contributed by atoms with van der Waals surface area (Å²) in [5.74, 6) is -0.186. The monoisotopic (exact) mass is 255 g/mol. The zero-order valence-corrected chi connectivity index (χ0v) is 11.1. The van der Waals surface area contributed by atoms with E-state index in [-0.39, 0.29) is 5.82 Å². The minimum Gasteiger partial charge on any atom is -0.310 e. The van der Waals surface area contributed by atoms with Gasteiger partial charge in [0.15, 0.2) is 0 Å². The number of rotatable bonds is 4. The van der Waals surface area contributed by atoms with E-state index in [2.05, 4.69) is 30.4 Å². The fourth-order valence-corrected chi connectivity index (χ4v) is 2.28. The van der Waals surface area contributed by atoms with E-state index < -0.39 is 0 Å². The zero-order chi connectivity index (χ0) is 13.2. The molecule has 2 aromatic rings. The van der Waals surface area contributed by atoms with Crippen LogP contribution in [0.25, 0.3) is 11.1 Å². The van der Waals surface area contributed by atoms with Crippen molar-refractivity contribution in [3.05, 3.63) is 59.4 Å². The van der Waals surface area contributed by atoms with Crippen LogP contribution in [0.3, 0.4) is 0 Å². The highest BCUT2D eigenvalue weighted by Gasteiger charge is 2.20. The minimum absolute atomic E-state index is 0.186. The van der Waals surface area contributed by atoms with Gasteiger partial charge in [-0.15, -0.1) is 0 Å². The molecule has 3 rings (SSSR count). The molecule has 2 aromatic carbocycles. The van der Waals surface area contributed by atoms with Gasteiger partial charge in [-0.05, 0) is 48.6 Å². The van der Waals surface area contributed by atoms with Crippen molar-refractivity contribution in [3.63, 3.8) is 0 Å². The number of halogens is 1. The summed E-state index contributed by atoms with van der Waals surface area (Å²) in [5.41, 5.74) is 4.80. The maximum atomic E-state index is 13.0. The number of hydrogen-bond acceptors (Lipinski definition) is 1. The molecule has 0 unspecified atom stereocenters. The molecule has 0 spiro atoms. The maximum Gasteiger partial charge on any atom is 0.123 e. The largest absolute Gasteiger partial charge is 0.310 e. The van der Waals surface area contributed by atoms with Crippen molar-refractivity contribution in [2.75, 3.05) is 0 Å². The normalized spacial score (nSPS) is 14.6. The summed E-state index contributed by atoms with van der Waals surface area (Å²) in [7, 11) is 0. The van der Waals surface area contributed by atoms with E-state index in [1.54, 1.807) is 0 Å². The van der Waals surface area contributed by atoms with E-state index >= 15 is 0 Å². The number of benzene rings is 2. The molecule has 1 aliphatic rings. The molecule has 0 aromatic heterocycles. The van der Waals surface area contributed by atoms with Gasteiger partial charge in [-0.3, -0.25) is 0 Å². The fourth-order valence-electron chi connectivity index (χ4n) is 2.28. The molecular weight excluding hydrogens is 237 g/mol. The molecule has 0 bridgehead atoms. The lowest BCUT2D eigenvalue weighted by Gasteiger charge is -2.12. The Morgan fingerprint density at radius 3 is 2.53 bits per heavy atom. The van der Waals surface area contributed by atoms with Crippen LogP contribution in [0.1, 0.15) is 24.0 Å². The molecule has 0 aliphatic heterocycles. The van der Waals surface area contributed by atoms with Gasteiger partial charge in [0.2, 0.25) is 0 Å². The molecule has 0 amide bonds. The summed E-state index contributed by atoms with van der Waals surface area (Å²) >= 11 is 0. The second-order valence-corrected chi connectivity index (χ2v) is 5.32. The molecule has 0 heterocycles. The van der Waals surface area contributed by atoms with Crippen LogP contribution < -0.4 is 5.32 Å². The van der Waals surface area contributed by atoms with Crippen molar-refractivity contribution < 1.29 is 4.39 Å². The van der Waals surface area contributed by atoms with Crippen LogP contribution in [-0.2, 0) is 6.54 Å². The van der Waals surface area contributed by atoms with Crippen LogP contribution in [0.4, 0.5) is 4.39 Å². The first-order valence-corrected chi connectivity index (χ1v) is 6.81. The molecule has 1 fully saturated rings. The van der Waals surface area contributed by atoms with Crippen LogP contribution in [0, 0.1) is 12.7 Å². The molecule has 1 nitrogen and oxygen atoms in total. The lowest BCUT2D eigenvalue weighted by molar-refractivity contribution is 0.628. The van der Waals surface area contributed by atoms with Gasteiger partial charge in [0, 0.05) is 12.6 Å². The van der Waals surface area contributed by atoms with Crippen LogP contribution in [0.15, 0.2) is 42.5 Å². The number of aryl methyl sites for hydroxylation is 1. The van der Waals surface area contributed by atoms with Crippen molar-refractivity contribution in [2.45, 2.75) is 32.4 Å². The first-order valence-electron chi connectivity index (χ1n) is 6.81.